The van der Waals surface area contributed by atoms with E-state index < -0.39 is 0 Å². The Labute approximate surface area is 104 Å². The van der Waals surface area contributed by atoms with Gasteiger partial charge in [0, 0.05) is 19.4 Å². The third-order valence-corrected chi connectivity index (χ3v) is 2.93. The largest absolute Gasteiger partial charge is 0.346 e. The minimum Gasteiger partial charge on any atom is -0.346 e. The van der Waals surface area contributed by atoms with Gasteiger partial charge >= 0.3 is 0 Å². The van der Waals surface area contributed by atoms with Crippen molar-refractivity contribution in [1.29, 1.82) is 0 Å². The Morgan fingerprint density at radius 1 is 1.33 bits per heavy atom. The van der Waals surface area contributed by atoms with Crippen LogP contribution in [0.5, 0.6) is 0 Å². The zero-order valence-corrected chi connectivity index (χ0v) is 9.96. The summed E-state index contributed by atoms with van der Waals surface area (Å²) in [5, 5.41) is 0. The van der Waals surface area contributed by atoms with E-state index in [9.17, 15) is 0 Å². The van der Waals surface area contributed by atoms with Crippen LogP contribution in [0.25, 0.3) is 11.0 Å². The van der Waals surface area contributed by atoms with Crippen molar-refractivity contribution in [3.05, 3.63) is 42.5 Å². The average molecular weight is 242 g/mol. The van der Waals surface area contributed by atoms with E-state index in [4.69, 9.17) is 5.73 Å². The molecular formula is C12H14N6. The van der Waals surface area contributed by atoms with Crippen LogP contribution in [0.15, 0.2) is 36.7 Å². The lowest BCUT2D eigenvalue weighted by atomic mass is 10.3. The molecule has 0 amide bonds. The number of hydrogen-bond acceptors (Lipinski definition) is 4. The number of nitrogens with two attached hydrogens (primary N) is 1. The third-order valence-electron chi connectivity index (χ3n) is 2.93. The first-order chi connectivity index (χ1) is 8.75. The van der Waals surface area contributed by atoms with Gasteiger partial charge in [0.25, 0.3) is 0 Å². The molecule has 0 aliphatic rings. The number of aromatic nitrogens is 4. The number of para-hydroxylation sites is 2. The summed E-state index contributed by atoms with van der Waals surface area (Å²) in [7, 11) is 1.88. The molecule has 3 rings (SSSR count). The van der Waals surface area contributed by atoms with Crippen molar-refractivity contribution in [1.82, 2.24) is 19.9 Å². The molecular weight excluding hydrogens is 228 g/mol. The second-order valence-electron chi connectivity index (χ2n) is 4.11. The highest BCUT2D eigenvalue weighted by atomic mass is 15.3. The van der Waals surface area contributed by atoms with Crippen LogP contribution >= 0.6 is 0 Å². The topological polar surface area (TPSA) is 86.6 Å². The minimum atomic E-state index is -0.361. The normalized spacial score (nSPS) is 12.8. The number of nitrogens with zero attached hydrogens (tertiary/aromatic N) is 3. The number of imidazole rings is 2. The van der Waals surface area contributed by atoms with Gasteiger partial charge in [-0.3, -0.25) is 0 Å². The van der Waals surface area contributed by atoms with Gasteiger partial charge in [0.1, 0.15) is 12.0 Å². The highest BCUT2D eigenvalue weighted by Gasteiger charge is 2.17. The molecule has 0 aliphatic heterocycles. The van der Waals surface area contributed by atoms with Crippen LogP contribution in [0.1, 0.15) is 12.0 Å². The smallest absolute Gasteiger partial charge is 0.205 e. The Kier molecular flexibility index (Phi) is 2.49. The summed E-state index contributed by atoms with van der Waals surface area (Å²) >= 11 is 0. The molecule has 1 aromatic carbocycles. The van der Waals surface area contributed by atoms with Crippen LogP contribution < -0.4 is 10.6 Å². The maximum absolute atomic E-state index is 6.11. The molecule has 0 fully saturated rings. The molecule has 0 saturated heterocycles. The van der Waals surface area contributed by atoms with Gasteiger partial charge in [-0.25, -0.2) is 9.97 Å². The van der Waals surface area contributed by atoms with Gasteiger partial charge in [-0.1, -0.05) is 12.1 Å². The fourth-order valence-electron chi connectivity index (χ4n) is 1.86. The summed E-state index contributed by atoms with van der Waals surface area (Å²) in [5.41, 5.74) is 8.02. The van der Waals surface area contributed by atoms with Crippen molar-refractivity contribution in [3.8, 4) is 0 Å². The highest BCUT2D eigenvalue weighted by Crippen LogP contribution is 2.20. The SMILES string of the molecule is CN(c1nc2ccccc2[nH]1)C(N)c1ncc[nH]1. The van der Waals surface area contributed by atoms with Crippen LogP contribution in [-0.2, 0) is 0 Å². The lowest BCUT2D eigenvalue weighted by Gasteiger charge is -2.22. The van der Waals surface area contributed by atoms with Crippen LogP contribution in [0, 0.1) is 0 Å². The molecule has 6 nitrogen and oxygen atoms in total. The third kappa shape index (κ3) is 1.72. The number of H-pyrrole nitrogens is 2. The second-order valence-corrected chi connectivity index (χ2v) is 4.11. The van der Waals surface area contributed by atoms with Crippen molar-refractivity contribution < 1.29 is 0 Å². The molecule has 0 radical (unpaired) electrons. The van der Waals surface area contributed by atoms with Crippen LogP contribution in [0.4, 0.5) is 5.95 Å². The Hall–Kier alpha value is -2.34. The molecule has 0 aliphatic carbocycles. The molecule has 1 atom stereocenters. The van der Waals surface area contributed by atoms with Crippen LogP contribution in [0.2, 0.25) is 0 Å². The van der Waals surface area contributed by atoms with Gasteiger partial charge in [0.05, 0.1) is 11.0 Å². The fraction of sp³-hybridized carbons (Fsp3) is 0.167. The number of hydrogen-bond donors (Lipinski definition) is 3. The Balaban J connectivity index is 1.94. The lowest BCUT2D eigenvalue weighted by molar-refractivity contribution is 0.652. The molecule has 1 unspecified atom stereocenters. The van der Waals surface area contributed by atoms with Crippen molar-refractivity contribution in [2.75, 3.05) is 11.9 Å². The van der Waals surface area contributed by atoms with Crippen LogP contribution in [0.3, 0.4) is 0 Å². The Morgan fingerprint density at radius 2 is 2.17 bits per heavy atom. The first kappa shape index (κ1) is 10.8. The van der Waals surface area contributed by atoms with E-state index in [0.717, 1.165) is 17.0 Å². The minimum absolute atomic E-state index is 0.361. The van der Waals surface area contributed by atoms with E-state index in [1.165, 1.54) is 0 Å². The van der Waals surface area contributed by atoms with E-state index in [1.54, 1.807) is 12.4 Å². The number of anilines is 1. The molecule has 18 heavy (non-hydrogen) atoms. The van der Waals surface area contributed by atoms with E-state index >= 15 is 0 Å². The average Bonchev–Trinajstić information content (AvgIpc) is 3.05. The number of nitrogens with one attached hydrogen (secondary N) is 2. The van der Waals surface area contributed by atoms with Gasteiger partial charge in [0.15, 0.2) is 0 Å². The fourth-order valence-corrected chi connectivity index (χ4v) is 1.86. The number of benzene rings is 1. The summed E-state index contributed by atoms with van der Waals surface area (Å²) in [6.45, 7) is 0. The standard InChI is InChI=1S/C12H14N6/c1-18(10(13)11-14-6-7-15-11)12-16-8-4-2-3-5-9(8)17-12/h2-7,10H,13H2,1H3,(H,14,15)(H,16,17). The summed E-state index contributed by atoms with van der Waals surface area (Å²) in [5.74, 6) is 1.43. The molecule has 92 valence electrons. The molecule has 2 aromatic heterocycles. The zero-order valence-electron chi connectivity index (χ0n) is 9.96. The van der Waals surface area contributed by atoms with E-state index in [2.05, 4.69) is 19.9 Å². The molecule has 6 heteroatoms. The molecule has 4 N–H and O–H groups in total. The Morgan fingerprint density at radius 3 is 2.89 bits per heavy atom. The summed E-state index contributed by atoms with van der Waals surface area (Å²) < 4.78 is 0. The molecule has 3 aromatic rings. The van der Waals surface area contributed by atoms with Crippen molar-refractivity contribution in [2.24, 2.45) is 5.73 Å². The van der Waals surface area contributed by atoms with Gasteiger partial charge in [-0.15, -0.1) is 0 Å². The number of rotatable bonds is 3. The lowest BCUT2D eigenvalue weighted by Crippen LogP contribution is -2.32. The molecule has 0 saturated carbocycles. The highest BCUT2D eigenvalue weighted by molar-refractivity contribution is 5.77. The number of aromatic amines is 2. The van der Waals surface area contributed by atoms with E-state index in [-0.39, 0.29) is 6.17 Å². The van der Waals surface area contributed by atoms with E-state index in [0.29, 0.717) is 5.82 Å². The first-order valence-electron chi connectivity index (χ1n) is 5.68. The van der Waals surface area contributed by atoms with Crippen molar-refractivity contribution in [3.63, 3.8) is 0 Å². The van der Waals surface area contributed by atoms with Gasteiger partial charge in [0.2, 0.25) is 5.95 Å². The van der Waals surface area contributed by atoms with Crippen molar-refractivity contribution >= 4 is 17.0 Å². The summed E-state index contributed by atoms with van der Waals surface area (Å²) in [4.78, 5) is 16.7. The maximum Gasteiger partial charge on any atom is 0.205 e. The zero-order chi connectivity index (χ0) is 12.5. The molecule has 0 bridgehead atoms. The quantitative estimate of drug-likeness (QED) is 0.605. The molecule has 2 heterocycles. The van der Waals surface area contributed by atoms with Crippen LogP contribution in [-0.4, -0.2) is 27.0 Å². The maximum atomic E-state index is 6.11. The van der Waals surface area contributed by atoms with E-state index in [1.807, 2.05) is 36.2 Å². The summed E-state index contributed by atoms with van der Waals surface area (Å²) in [6, 6.07) is 7.87. The molecule has 0 spiro atoms. The van der Waals surface area contributed by atoms with Gasteiger partial charge < -0.3 is 20.6 Å². The predicted octanol–water partition coefficient (Wildman–Crippen LogP) is 1.38. The van der Waals surface area contributed by atoms with Gasteiger partial charge in [-0.2, -0.15) is 0 Å². The number of fused-ring (bicyclic) bond motifs is 1. The predicted molar refractivity (Wildman–Crippen MR) is 70.0 cm³/mol. The first-order valence-corrected chi connectivity index (χ1v) is 5.68. The second kappa shape index (κ2) is 4.15. The van der Waals surface area contributed by atoms with Gasteiger partial charge in [-0.05, 0) is 12.1 Å². The van der Waals surface area contributed by atoms with Crippen molar-refractivity contribution in [2.45, 2.75) is 6.17 Å². The summed E-state index contributed by atoms with van der Waals surface area (Å²) in [6.07, 6.45) is 3.07. The monoisotopic (exact) mass is 242 g/mol. The Bertz CT molecular complexity index is 608.